The van der Waals surface area contributed by atoms with Crippen molar-refractivity contribution < 1.29 is 19.6 Å². The lowest BCUT2D eigenvalue weighted by atomic mass is 9.77. The van der Waals surface area contributed by atoms with Gasteiger partial charge in [-0.1, -0.05) is 13.0 Å². The van der Waals surface area contributed by atoms with Gasteiger partial charge in [0.25, 0.3) is 11.6 Å². The Balaban J connectivity index is 2.25. The van der Waals surface area contributed by atoms with Crippen LogP contribution in [0, 0.1) is 23.0 Å². The van der Waals surface area contributed by atoms with E-state index in [1.54, 1.807) is 6.92 Å². The van der Waals surface area contributed by atoms with Crippen molar-refractivity contribution in [3.63, 3.8) is 0 Å². The average molecular weight is 320 g/mol. The molecule has 124 valence electrons. The number of carbonyl (C=O) groups excluding carboxylic acids is 1. The first-order chi connectivity index (χ1) is 10.7. The molecule has 7 heteroatoms. The fourth-order valence-electron chi connectivity index (χ4n) is 2.88. The van der Waals surface area contributed by atoms with Gasteiger partial charge in [-0.05, 0) is 44.6 Å². The molecule has 0 radical (unpaired) electrons. The minimum atomic E-state index is -1.29. The van der Waals surface area contributed by atoms with Crippen molar-refractivity contribution in [1.82, 2.24) is 5.32 Å². The van der Waals surface area contributed by atoms with Gasteiger partial charge in [0.15, 0.2) is 0 Å². The van der Waals surface area contributed by atoms with Crippen molar-refractivity contribution in [2.24, 2.45) is 5.92 Å². The van der Waals surface area contributed by atoms with Crippen LogP contribution in [-0.2, 0) is 4.79 Å². The van der Waals surface area contributed by atoms with Crippen LogP contribution in [0.4, 0.5) is 5.69 Å². The van der Waals surface area contributed by atoms with Crippen LogP contribution >= 0.6 is 0 Å². The Kier molecular flexibility index (Phi) is 4.68. The van der Waals surface area contributed by atoms with E-state index in [0.717, 1.165) is 12.8 Å². The third-order valence-corrected chi connectivity index (χ3v) is 4.56. The Hall–Kier alpha value is -2.44. The molecule has 23 heavy (non-hydrogen) atoms. The zero-order valence-electron chi connectivity index (χ0n) is 13.2. The van der Waals surface area contributed by atoms with Gasteiger partial charge in [-0.15, -0.1) is 0 Å². The molecule has 0 aromatic heterocycles. The highest BCUT2D eigenvalue weighted by Gasteiger charge is 2.42. The zero-order valence-corrected chi connectivity index (χ0v) is 13.2. The Morgan fingerprint density at radius 3 is 2.48 bits per heavy atom. The smallest absolute Gasteiger partial charge is 0.329 e. The number of nitrogens with zero attached hydrogens (tertiary/aromatic N) is 1. The number of nitro benzene ring substituents is 1. The molecular weight excluding hydrogens is 300 g/mol. The normalized spacial score (nSPS) is 24.0. The van der Waals surface area contributed by atoms with Crippen LogP contribution in [0.25, 0.3) is 0 Å². The van der Waals surface area contributed by atoms with Gasteiger partial charge < -0.3 is 10.4 Å². The molecule has 1 aliphatic rings. The highest BCUT2D eigenvalue weighted by Crippen LogP contribution is 2.32. The predicted octanol–water partition coefficient (Wildman–Crippen LogP) is 2.67. The second kappa shape index (κ2) is 6.36. The number of amides is 1. The largest absolute Gasteiger partial charge is 0.480 e. The number of benzene rings is 1. The Morgan fingerprint density at radius 1 is 1.35 bits per heavy atom. The molecule has 0 aliphatic heterocycles. The maximum absolute atomic E-state index is 12.4. The van der Waals surface area contributed by atoms with E-state index in [9.17, 15) is 24.8 Å². The summed E-state index contributed by atoms with van der Waals surface area (Å²) in [5.41, 5.74) is -0.893. The molecule has 0 unspecified atom stereocenters. The Morgan fingerprint density at radius 2 is 1.96 bits per heavy atom. The van der Waals surface area contributed by atoms with E-state index in [1.807, 2.05) is 0 Å². The Bertz CT molecular complexity index is 648. The molecule has 0 atom stereocenters. The number of nitrogens with one attached hydrogen (secondary N) is 1. The lowest BCUT2D eigenvalue weighted by Crippen LogP contribution is -2.56. The van der Waals surface area contributed by atoms with Gasteiger partial charge >= 0.3 is 5.97 Å². The molecule has 1 aliphatic carbocycles. The van der Waals surface area contributed by atoms with Gasteiger partial charge in [-0.25, -0.2) is 4.79 Å². The van der Waals surface area contributed by atoms with E-state index < -0.39 is 22.3 Å². The Labute approximate surface area is 133 Å². The lowest BCUT2D eigenvalue weighted by Gasteiger charge is -2.36. The summed E-state index contributed by atoms with van der Waals surface area (Å²) in [6.45, 7) is 3.64. The number of aryl methyl sites for hydroxylation is 1. The number of rotatable bonds is 4. The fourth-order valence-corrected chi connectivity index (χ4v) is 2.88. The van der Waals surface area contributed by atoms with Crippen LogP contribution in [0.2, 0.25) is 0 Å². The first-order valence-electron chi connectivity index (χ1n) is 7.56. The molecule has 0 spiro atoms. The second-order valence-corrected chi connectivity index (χ2v) is 6.28. The monoisotopic (exact) mass is 320 g/mol. The summed E-state index contributed by atoms with van der Waals surface area (Å²) in [7, 11) is 0. The van der Waals surface area contributed by atoms with Crippen LogP contribution in [0.5, 0.6) is 0 Å². The van der Waals surface area contributed by atoms with Gasteiger partial charge in [0.2, 0.25) is 0 Å². The molecule has 0 saturated heterocycles. The van der Waals surface area contributed by atoms with Crippen LogP contribution in [0.15, 0.2) is 18.2 Å². The molecule has 0 bridgehead atoms. The third kappa shape index (κ3) is 3.49. The number of hydrogen-bond acceptors (Lipinski definition) is 4. The van der Waals surface area contributed by atoms with E-state index in [0.29, 0.717) is 24.3 Å². The minimum absolute atomic E-state index is 0.0987. The number of nitro groups is 1. The number of hydrogen-bond donors (Lipinski definition) is 2. The maximum atomic E-state index is 12.4. The number of carboxylic acid groups (broad SMARTS) is 1. The SMILES string of the molecule is Cc1ccc(C(=O)NC2(C(=O)O)CCC(C)CC2)cc1[N+](=O)[O-]. The van der Waals surface area contributed by atoms with Gasteiger partial charge in [-0.3, -0.25) is 14.9 Å². The first kappa shape index (κ1) is 16.9. The van der Waals surface area contributed by atoms with Gasteiger partial charge in [-0.2, -0.15) is 0 Å². The topological polar surface area (TPSA) is 110 Å². The molecule has 2 rings (SSSR count). The number of carbonyl (C=O) groups is 2. The van der Waals surface area contributed by atoms with Crippen molar-refractivity contribution in [2.45, 2.75) is 45.1 Å². The van der Waals surface area contributed by atoms with Crippen molar-refractivity contribution in [3.05, 3.63) is 39.4 Å². The molecule has 1 saturated carbocycles. The van der Waals surface area contributed by atoms with Crippen molar-refractivity contribution >= 4 is 17.6 Å². The molecule has 1 fully saturated rings. The molecule has 0 heterocycles. The summed E-state index contributed by atoms with van der Waals surface area (Å²) in [6, 6.07) is 4.15. The summed E-state index contributed by atoms with van der Waals surface area (Å²) < 4.78 is 0. The van der Waals surface area contributed by atoms with E-state index >= 15 is 0 Å². The summed E-state index contributed by atoms with van der Waals surface area (Å²) >= 11 is 0. The minimum Gasteiger partial charge on any atom is -0.480 e. The van der Waals surface area contributed by atoms with Crippen molar-refractivity contribution in [3.8, 4) is 0 Å². The summed E-state index contributed by atoms with van der Waals surface area (Å²) in [5, 5.41) is 23.1. The predicted molar refractivity (Wildman–Crippen MR) is 83.3 cm³/mol. The second-order valence-electron chi connectivity index (χ2n) is 6.28. The highest BCUT2D eigenvalue weighted by atomic mass is 16.6. The summed E-state index contributed by atoms with van der Waals surface area (Å²) in [5.74, 6) is -1.22. The third-order valence-electron chi connectivity index (χ3n) is 4.56. The average Bonchev–Trinajstić information content (AvgIpc) is 2.49. The van der Waals surface area contributed by atoms with Crippen molar-refractivity contribution in [2.75, 3.05) is 0 Å². The molecule has 2 N–H and O–H groups in total. The van der Waals surface area contributed by atoms with Crippen LogP contribution in [0.3, 0.4) is 0 Å². The fraction of sp³-hybridized carbons (Fsp3) is 0.500. The summed E-state index contributed by atoms with van der Waals surface area (Å²) in [4.78, 5) is 34.5. The van der Waals surface area contributed by atoms with E-state index in [4.69, 9.17) is 0 Å². The quantitative estimate of drug-likeness (QED) is 0.654. The van der Waals surface area contributed by atoms with E-state index in [-0.39, 0.29) is 11.3 Å². The highest BCUT2D eigenvalue weighted by molar-refractivity contribution is 5.98. The number of aliphatic carboxylic acids is 1. The first-order valence-corrected chi connectivity index (χ1v) is 7.56. The van der Waals surface area contributed by atoms with E-state index in [1.165, 1.54) is 18.2 Å². The molecular formula is C16H20N2O5. The molecule has 1 aromatic rings. The molecule has 1 amide bonds. The summed E-state index contributed by atoms with van der Waals surface area (Å²) in [6.07, 6.45) is 2.17. The zero-order chi connectivity index (χ0) is 17.2. The maximum Gasteiger partial charge on any atom is 0.329 e. The van der Waals surface area contributed by atoms with Crippen LogP contribution in [-0.4, -0.2) is 27.4 Å². The standard InChI is InChI=1S/C16H20N2O5/c1-10-5-7-16(8-6-10,15(20)21)17-14(19)12-4-3-11(2)13(9-12)18(22)23/h3-4,9-10H,5-8H2,1-2H3,(H,17,19)(H,20,21). The molecule has 7 nitrogen and oxygen atoms in total. The molecule has 1 aromatic carbocycles. The van der Waals surface area contributed by atoms with Crippen LogP contribution < -0.4 is 5.32 Å². The van der Waals surface area contributed by atoms with Gasteiger partial charge in [0, 0.05) is 17.2 Å². The van der Waals surface area contributed by atoms with E-state index in [2.05, 4.69) is 12.2 Å². The lowest BCUT2D eigenvalue weighted by molar-refractivity contribution is -0.385. The van der Waals surface area contributed by atoms with Crippen molar-refractivity contribution in [1.29, 1.82) is 0 Å². The van der Waals surface area contributed by atoms with Gasteiger partial charge in [0.05, 0.1) is 4.92 Å². The van der Waals surface area contributed by atoms with Crippen LogP contribution in [0.1, 0.15) is 48.5 Å². The number of carboxylic acids is 1. The van der Waals surface area contributed by atoms with Gasteiger partial charge in [0.1, 0.15) is 5.54 Å².